The van der Waals surface area contributed by atoms with E-state index in [0.717, 1.165) is 45.5 Å². The molecule has 49 heavy (non-hydrogen) atoms. The molecule has 0 radical (unpaired) electrons. The van der Waals surface area contributed by atoms with E-state index in [4.69, 9.17) is 0 Å². The smallest absolute Gasteiger partial charge is 0.307 e. The first-order valence-electron chi connectivity index (χ1n) is 15.7. The second-order valence-corrected chi connectivity index (χ2v) is 13.4. The Morgan fingerprint density at radius 3 is 2.04 bits per heavy atom. The molecule has 0 fully saturated rings. The monoisotopic (exact) mass is 666 g/mol. The molecule has 252 valence electrons. The van der Waals surface area contributed by atoms with Crippen LogP contribution in [0.1, 0.15) is 54.5 Å². The van der Waals surface area contributed by atoms with Crippen LogP contribution in [0.15, 0.2) is 90.7 Å². The fourth-order valence-corrected chi connectivity index (χ4v) is 7.02. The number of aliphatic carboxylic acids is 2. The summed E-state index contributed by atoms with van der Waals surface area (Å²) in [7, 11) is 4.15. The molecule has 0 aromatic heterocycles. The Labute approximate surface area is 283 Å². The number of non-ortho nitro benzene ring substituents is 2. The van der Waals surface area contributed by atoms with Gasteiger partial charge in [-0.05, 0) is 44.0 Å². The Morgan fingerprint density at radius 2 is 1.45 bits per heavy atom. The van der Waals surface area contributed by atoms with Crippen molar-refractivity contribution in [3.8, 4) is 0 Å². The lowest BCUT2D eigenvalue weighted by molar-refractivity contribution is -0.455. The molecule has 12 nitrogen and oxygen atoms in total. The third-order valence-electron chi connectivity index (χ3n) is 9.39. The number of allylic oxidation sites excluding steroid dienone is 6. The van der Waals surface area contributed by atoms with Crippen molar-refractivity contribution in [1.29, 1.82) is 0 Å². The molecule has 2 N–H and O–H groups in total. The summed E-state index contributed by atoms with van der Waals surface area (Å²) in [5.74, 6) is -1.72. The third-order valence-corrected chi connectivity index (χ3v) is 9.39. The van der Waals surface area contributed by atoms with Gasteiger partial charge in [0.1, 0.15) is 11.4 Å². The molecule has 2 aliphatic heterocycles. The number of carboxylic acids is 2. The van der Waals surface area contributed by atoms with Crippen LogP contribution in [-0.2, 0) is 34.4 Å². The molecule has 0 amide bonds. The molecular formula is C37H38N4O8+2. The van der Waals surface area contributed by atoms with E-state index >= 15 is 0 Å². The molecule has 0 spiro atoms. The fourth-order valence-electron chi connectivity index (χ4n) is 7.02. The number of carboxylic acid groups (broad SMARTS) is 2. The molecule has 1 unspecified atom stereocenters. The van der Waals surface area contributed by atoms with Gasteiger partial charge in [0.25, 0.3) is 11.4 Å². The van der Waals surface area contributed by atoms with E-state index in [1.807, 2.05) is 73.1 Å². The molecule has 0 bridgehead atoms. The quantitative estimate of drug-likeness (QED) is 0.0749. The molecule has 3 aromatic carbocycles. The molecule has 0 saturated carbocycles. The lowest BCUT2D eigenvalue weighted by Gasteiger charge is -2.26. The van der Waals surface area contributed by atoms with Crippen LogP contribution in [0, 0.1) is 20.2 Å². The van der Waals surface area contributed by atoms with Crippen LogP contribution in [0.25, 0.3) is 0 Å². The summed E-state index contributed by atoms with van der Waals surface area (Å²) < 4.78 is 2.44. The minimum absolute atomic E-state index is 0.0413. The molecular weight excluding hydrogens is 628 g/mol. The van der Waals surface area contributed by atoms with E-state index in [2.05, 4.69) is 27.1 Å². The van der Waals surface area contributed by atoms with Gasteiger partial charge in [-0.2, -0.15) is 4.58 Å². The van der Waals surface area contributed by atoms with Gasteiger partial charge in [-0.15, -0.1) is 0 Å². The highest BCUT2D eigenvalue weighted by molar-refractivity contribution is 6.03. The van der Waals surface area contributed by atoms with Crippen molar-refractivity contribution in [2.75, 3.05) is 14.1 Å². The number of nitrogens with zero attached hydrogens (tertiary/aromatic N) is 4. The largest absolute Gasteiger partial charge is 0.481 e. The van der Waals surface area contributed by atoms with Gasteiger partial charge in [0.05, 0.1) is 54.2 Å². The van der Waals surface area contributed by atoms with Crippen LogP contribution in [0.4, 0.5) is 22.7 Å². The number of nitro benzene ring substituents is 2. The zero-order valence-corrected chi connectivity index (χ0v) is 27.9. The number of nitro groups is 2. The molecule has 12 heteroatoms. The van der Waals surface area contributed by atoms with E-state index in [1.165, 1.54) is 12.1 Å². The molecule has 0 saturated heterocycles. The number of quaternary nitrogens is 1. The van der Waals surface area contributed by atoms with Gasteiger partial charge in [0.15, 0.2) is 12.3 Å². The van der Waals surface area contributed by atoms with Crippen molar-refractivity contribution in [3.63, 3.8) is 0 Å². The van der Waals surface area contributed by atoms with Crippen molar-refractivity contribution in [3.05, 3.63) is 139 Å². The van der Waals surface area contributed by atoms with Crippen molar-refractivity contribution in [2.24, 2.45) is 0 Å². The van der Waals surface area contributed by atoms with Gasteiger partial charge < -0.3 is 10.2 Å². The SMILES string of the molecule is CC1C(=CC=CC=CC2=[N+](Cc3cc([N+](=O)[O-])cc([N+](=O)[O-])c3)c3ccc(CC(=O)O)cc3C2(C)C)[N+](C)(C)c2cc(CC(=O)O)ccc21. The first-order chi connectivity index (χ1) is 23.0. The van der Waals surface area contributed by atoms with Gasteiger partial charge in [-0.25, -0.2) is 0 Å². The highest BCUT2D eigenvalue weighted by atomic mass is 16.6. The number of carbonyl (C=O) groups is 2. The molecule has 1 atom stereocenters. The Hall–Kier alpha value is -5.75. The Kier molecular flexibility index (Phi) is 9.20. The third kappa shape index (κ3) is 6.81. The first-order valence-corrected chi connectivity index (χ1v) is 15.7. The standard InChI is InChI=1S/C37H36N4O8/c1-23-29-13-11-25(20-36(44)45)18-33(29)41(4,5)32(23)9-7-6-8-10-34-37(2,3)30-17-24(19-35(42)43)12-14-31(30)38(34)22-26-15-27(39(46)47)21-28(16-26)40(48)49/h6-18,21,23H,19-20,22H2,1-5H3/p+2. The normalized spacial score (nSPS) is 18.3. The van der Waals surface area contributed by atoms with Gasteiger partial charge >= 0.3 is 11.9 Å². The number of rotatable bonds is 11. The van der Waals surface area contributed by atoms with Crippen molar-refractivity contribution in [2.45, 2.75) is 51.5 Å². The summed E-state index contributed by atoms with van der Waals surface area (Å²) in [4.78, 5) is 44.7. The summed E-state index contributed by atoms with van der Waals surface area (Å²) in [5, 5.41) is 41.9. The van der Waals surface area contributed by atoms with E-state index in [1.54, 1.807) is 6.07 Å². The maximum Gasteiger partial charge on any atom is 0.307 e. The van der Waals surface area contributed by atoms with Crippen molar-refractivity contribution < 1.29 is 34.2 Å². The lowest BCUT2D eigenvalue weighted by Crippen LogP contribution is -2.36. The summed E-state index contributed by atoms with van der Waals surface area (Å²) in [6.07, 6.45) is 9.53. The average molecular weight is 667 g/mol. The molecule has 3 aromatic rings. The maximum atomic E-state index is 11.6. The van der Waals surface area contributed by atoms with Crippen molar-refractivity contribution >= 4 is 40.4 Å². The topological polar surface area (TPSA) is 164 Å². The Balaban J connectivity index is 1.51. The van der Waals surface area contributed by atoms with E-state index < -0.39 is 27.2 Å². The second-order valence-electron chi connectivity index (χ2n) is 13.4. The zero-order valence-electron chi connectivity index (χ0n) is 27.9. The minimum atomic E-state index is -0.956. The van der Waals surface area contributed by atoms with Crippen LogP contribution in [0.3, 0.4) is 0 Å². The van der Waals surface area contributed by atoms with Gasteiger partial charge in [0, 0.05) is 47.0 Å². The number of fused-ring (bicyclic) bond motifs is 2. The van der Waals surface area contributed by atoms with Crippen LogP contribution >= 0.6 is 0 Å². The van der Waals surface area contributed by atoms with Crippen LogP contribution in [0.2, 0.25) is 0 Å². The van der Waals surface area contributed by atoms with Crippen LogP contribution < -0.4 is 4.48 Å². The van der Waals surface area contributed by atoms with E-state index in [0.29, 0.717) is 15.6 Å². The lowest BCUT2D eigenvalue weighted by atomic mass is 9.80. The predicted molar refractivity (Wildman–Crippen MR) is 185 cm³/mol. The highest BCUT2D eigenvalue weighted by Gasteiger charge is 2.45. The summed E-state index contributed by atoms with van der Waals surface area (Å²) in [5.41, 5.74) is 6.21. The summed E-state index contributed by atoms with van der Waals surface area (Å²) in [6, 6.07) is 14.8. The predicted octanol–water partition coefficient (Wildman–Crippen LogP) is 6.71. The number of hydrogen-bond acceptors (Lipinski definition) is 6. The summed E-state index contributed by atoms with van der Waals surface area (Å²) >= 11 is 0. The van der Waals surface area contributed by atoms with Crippen LogP contribution in [0.5, 0.6) is 0 Å². The Morgan fingerprint density at radius 1 is 0.857 bits per heavy atom. The minimum Gasteiger partial charge on any atom is -0.481 e. The zero-order chi connectivity index (χ0) is 35.8. The average Bonchev–Trinajstić information content (AvgIpc) is 3.33. The van der Waals surface area contributed by atoms with E-state index in [9.17, 15) is 40.0 Å². The Bertz CT molecular complexity index is 2000. The van der Waals surface area contributed by atoms with Crippen molar-refractivity contribution in [1.82, 2.24) is 4.48 Å². The maximum absolute atomic E-state index is 11.6. The molecule has 2 aliphatic rings. The van der Waals surface area contributed by atoms with E-state index in [-0.39, 0.29) is 36.7 Å². The van der Waals surface area contributed by atoms with Gasteiger partial charge in [-0.1, -0.05) is 36.4 Å². The molecule has 5 rings (SSSR count). The number of hydrogen-bond donors (Lipinski definition) is 2. The molecule has 0 aliphatic carbocycles. The first kappa shape index (κ1) is 34.6. The number of likely N-dealkylation sites (N-methyl/N-ethyl adjacent to an activating group) is 1. The van der Waals surface area contributed by atoms with Gasteiger partial charge in [0.2, 0.25) is 5.69 Å². The summed E-state index contributed by atoms with van der Waals surface area (Å²) in [6.45, 7) is 6.25. The van der Waals surface area contributed by atoms with Crippen LogP contribution in [-0.4, -0.2) is 56.4 Å². The van der Waals surface area contributed by atoms with Gasteiger partial charge in [-0.3, -0.25) is 34.3 Å². The molecule has 2 heterocycles. The highest BCUT2D eigenvalue weighted by Crippen LogP contribution is 2.47. The second kappa shape index (κ2) is 13.0. The number of benzene rings is 3. The fraction of sp³-hybridized carbons (Fsp3) is 0.270.